The zero-order valence-electron chi connectivity index (χ0n) is 13.8. The van der Waals surface area contributed by atoms with Crippen LogP contribution in [0.3, 0.4) is 0 Å². The number of nitrogens with one attached hydrogen (secondary N) is 1. The first-order valence-corrected chi connectivity index (χ1v) is 7.86. The fraction of sp³-hybridized carbons (Fsp3) is 0.562. The van der Waals surface area contributed by atoms with Crippen LogP contribution in [0, 0.1) is 5.41 Å². The van der Waals surface area contributed by atoms with Crippen molar-refractivity contribution < 1.29 is 9.47 Å². The van der Waals surface area contributed by atoms with Crippen LogP contribution >= 0.6 is 0 Å². The van der Waals surface area contributed by atoms with Gasteiger partial charge < -0.3 is 14.4 Å². The molecule has 0 radical (unpaired) electrons. The molecular formula is C16H26N4O2. The SMILES string of the molecule is CCOC1(OCC)c2ccc(N(CC)CC)cc2C(=N)N1N. The maximum absolute atomic E-state index is 8.32. The van der Waals surface area contributed by atoms with Crippen LogP contribution in [0.2, 0.25) is 0 Å². The molecule has 1 heterocycles. The van der Waals surface area contributed by atoms with Gasteiger partial charge in [0.1, 0.15) is 5.84 Å². The third-order valence-corrected chi connectivity index (χ3v) is 3.97. The van der Waals surface area contributed by atoms with Gasteiger partial charge in [-0.25, -0.2) is 10.9 Å². The lowest BCUT2D eigenvalue weighted by atomic mass is 10.1. The molecule has 0 saturated carbocycles. The van der Waals surface area contributed by atoms with E-state index in [1.165, 1.54) is 5.01 Å². The molecule has 0 fully saturated rings. The number of hydrogen-bond acceptors (Lipinski definition) is 5. The Hall–Kier alpha value is -1.63. The molecule has 3 N–H and O–H groups in total. The Labute approximate surface area is 132 Å². The van der Waals surface area contributed by atoms with Gasteiger partial charge in [0.25, 0.3) is 5.91 Å². The number of nitrogens with two attached hydrogens (primary N) is 1. The van der Waals surface area contributed by atoms with Gasteiger partial charge in [-0.05, 0) is 45.9 Å². The second kappa shape index (κ2) is 6.64. The molecule has 0 bridgehead atoms. The van der Waals surface area contributed by atoms with Crippen molar-refractivity contribution in [3.05, 3.63) is 29.3 Å². The first-order chi connectivity index (χ1) is 10.6. The second-order valence-corrected chi connectivity index (χ2v) is 5.07. The van der Waals surface area contributed by atoms with Crippen molar-refractivity contribution in [3.63, 3.8) is 0 Å². The van der Waals surface area contributed by atoms with E-state index in [9.17, 15) is 0 Å². The topological polar surface area (TPSA) is 74.8 Å². The number of anilines is 1. The van der Waals surface area contributed by atoms with Crippen LogP contribution in [0.25, 0.3) is 0 Å². The standard InChI is InChI=1S/C16H26N4O2/c1-5-19(6-2)12-9-10-14-13(11-12)15(17)20(18)16(14,21-7-3)22-8-4/h9-11,17H,5-8,18H2,1-4H3. The summed E-state index contributed by atoms with van der Waals surface area (Å²) in [5, 5.41) is 9.60. The molecule has 6 heteroatoms. The van der Waals surface area contributed by atoms with E-state index in [-0.39, 0.29) is 5.84 Å². The van der Waals surface area contributed by atoms with Crippen LogP contribution in [0.15, 0.2) is 18.2 Å². The van der Waals surface area contributed by atoms with Gasteiger partial charge in [-0.3, -0.25) is 5.41 Å². The number of rotatable bonds is 7. The van der Waals surface area contributed by atoms with E-state index in [2.05, 4.69) is 18.7 Å². The number of nitrogens with zero attached hydrogens (tertiary/aromatic N) is 2. The van der Waals surface area contributed by atoms with Gasteiger partial charge >= 0.3 is 0 Å². The average Bonchev–Trinajstić information content (AvgIpc) is 2.72. The highest BCUT2D eigenvalue weighted by atomic mass is 16.7. The van der Waals surface area contributed by atoms with Crippen molar-refractivity contribution in [3.8, 4) is 0 Å². The molecule has 122 valence electrons. The third-order valence-electron chi connectivity index (χ3n) is 3.97. The molecule has 0 atom stereocenters. The van der Waals surface area contributed by atoms with Crippen LogP contribution in [0.1, 0.15) is 38.8 Å². The molecule has 0 amide bonds. The van der Waals surface area contributed by atoms with Crippen molar-refractivity contribution >= 4 is 11.5 Å². The summed E-state index contributed by atoms with van der Waals surface area (Å²) in [6, 6.07) is 5.98. The highest BCUT2D eigenvalue weighted by Gasteiger charge is 2.49. The van der Waals surface area contributed by atoms with Crippen molar-refractivity contribution in [2.45, 2.75) is 33.6 Å². The second-order valence-electron chi connectivity index (χ2n) is 5.07. The fourth-order valence-corrected chi connectivity index (χ4v) is 2.92. The maximum Gasteiger partial charge on any atom is 0.295 e. The average molecular weight is 306 g/mol. The van der Waals surface area contributed by atoms with E-state index in [0.29, 0.717) is 13.2 Å². The van der Waals surface area contributed by atoms with E-state index >= 15 is 0 Å². The lowest BCUT2D eigenvalue weighted by molar-refractivity contribution is -0.304. The Kier molecular flexibility index (Phi) is 5.05. The van der Waals surface area contributed by atoms with Gasteiger partial charge in [0, 0.05) is 43.1 Å². The molecule has 0 aliphatic carbocycles. The Balaban J connectivity index is 2.52. The molecule has 0 saturated heterocycles. The van der Waals surface area contributed by atoms with E-state index in [1.807, 2.05) is 32.0 Å². The molecule has 2 rings (SSSR count). The van der Waals surface area contributed by atoms with Crippen molar-refractivity contribution in [1.82, 2.24) is 5.01 Å². The van der Waals surface area contributed by atoms with Crippen LogP contribution in [0.5, 0.6) is 0 Å². The Morgan fingerprint density at radius 3 is 2.23 bits per heavy atom. The zero-order chi connectivity index (χ0) is 16.3. The van der Waals surface area contributed by atoms with Gasteiger partial charge in [-0.15, -0.1) is 0 Å². The van der Waals surface area contributed by atoms with Crippen molar-refractivity contribution in [1.29, 1.82) is 5.41 Å². The number of hydrogen-bond donors (Lipinski definition) is 2. The summed E-state index contributed by atoms with van der Waals surface area (Å²) in [6.07, 6.45) is 0. The van der Waals surface area contributed by atoms with E-state index < -0.39 is 5.91 Å². The smallest absolute Gasteiger partial charge is 0.295 e. The van der Waals surface area contributed by atoms with Gasteiger partial charge in [0.05, 0.1) is 0 Å². The quantitative estimate of drug-likeness (QED) is 0.597. The van der Waals surface area contributed by atoms with Crippen molar-refractivity contribution in [2.75, 3.05) is 31.2 Å². The van der Waals surface area contributed by atoms with Gasteiger partial charge in [0.2, 0.25) is 0 Å². The zero-order valence-corrected chi connectivity index (χ0v) is 13.8. The molecule has 22 heavy (non-hydrogen) atoms. The first-order valence-electron chi connectivity index (χ1n) is 7.86. The monoisotopic (exact) mass is 306 g/mol. The Morgan fingerprint density at radius 1 is 1.14 bits per heavy atom. The van der Waals surface area contributed by atoms with Gasteiger partial charge in [-0.2, -0.15) is 0 Å². The summed E-state index contributed by atoms with van der Waals surface area (Å²) >= 11 is 0. The third kappa shape index (κ3) is 2.47. The molecule has 1 aromatic rings. The lowest BCUT2D eigenvalue weighted by Crippen LogP contribution is -2.52. The van der Waals surface area contributed by atoms with Crippen molar-refractivity contribution in [2.24, 2.45) is 5.84 Å². The lowest BCUT2D eigenvalue weighted by Gasteiger charge is -2.35. The highest BCUT2D eigenvalue weighted by molar-refractivity contribution is 6.01. The number of hydrazine groups is 1. The number of fused-ring (bicyclic) bond motifs is 1. The Morgan fingerprint density at radius 2 is 1.73 bits per heavy atom. The van der Waals surface area contributed by atoms with E-state index in [1.54, 1.807) is 0 Å². The minimum Gasteiger partial charge on any atom is -0.372 e. The fourth-order valence-electron chi connectivity index (χ4n) is 2.92. The van der Waals surface area contributed by atoms with E-state index in [0.717, 1.165) is 29.9 Å². The number of amidine groups is 1. The predicted molar refractivity (Wildman–Crippen MR) is 87.8 cm³/mol. The number of benzene rings is 1. The number of ether oxygens (including phenoxy) is 2. The van der Waals surface area contributed by atoms with Crippen LogP contribution in [0.4, 0.5) is 5.69 Å². The molecule has 0 unspecified atom stereocenters. The molecule has 1 aromatic carbocycles. The van der Waals surface area contributed by atoms with E-state index in [4.69, 9.17) is 20.7 Å². The highest BCUT2D eigenvalue weighted by Crippen LogP contribution is 2.40. The molecule has 0 spiro atoms. The summed E-state index contributed by atoms with van der Waals surface area (Å²) in [5.74, 6) is 5.13. The summed E-state index contributed by atoms with van der Waals surface area (Å²) < 4.78 is 11.6. The maximum atomic E-state index is 8.32. The molecule has 0 aromatic heterocycles. The largest absolute Gasteiger partial charge is 0.372 e. The normalized spacial score (nSPS) is 16.0. The Bertz CT molecular complexity index is 537. The molecule has 1 aliphatic heterocycles. The van der Waals surface area contributed by atoms with Crippen LogP contribution in [-0.2, 0) is 15.4 Å². The predicted octanol–water partition coefficient (Wildman–Crippen LogP) is 2.23. The van der Waals surface area contributed by atoms with Crippen LogP contribution in [-0.4, -0.2) is 37.1 Å². The van der Waals surface area contributed by atoms with Crippen LogP contribution < -0.4 is 10.7 Å². The summed E-state index contributed by atoms with van der Waals surface area (Å²) in [7, 11) is 0. The minimum atomic E-state index is -1.20. The molecule has 1 aliphatic rings. The minimum absolute atomic E-state index is 0.214. The summed E-state index contributed by atoms with van der Waals surface area (Å²) in [4.78, 5) is 2.23. The molecule has 6 nitrogen and oxygen atoms in total. The summed E-state index contributed by atoms with van der Waals surface area (Å²) in [5.41, 5.74) is 2.62. The molecular weight excluding hydrogens is 280 g/mol. The first kappa shape index (κ1) is 16.7. The summed E-state index contributed by atoms with van der Waals surface area (Å²) in [6.45, 7) is 10.7. The van der Waals surface area contributed by atoms with Gasteiger partial charge in [0.15, 0.2) is 0 Å². The van der Waals surface area contributed by atoms with Gasteiger partial charge in [-0.1, -0.05) is 0 Å².